The van der Waals surface area contributed by atoms with Gasteiger partial charge in [0.25, 0.3) is 5.91 Å². The molecule has 0 aliphatic heterocycles. The van der Waals surface area contributed by atoms with E-state index in [1.807, 2.05) is 18.2 Å². The number of benzene rings is 3. The van der Waals surface area contributed by atoms with Gasteiger partial charge in [-0.05, 0) is 59.9 Å². The summed E-state index contributed by atoms with van der Waals surface area (Å²) in [5.41, 5.74) is 2.77. The fourth-order valence-corrected chi connectivity index (χ4v) is 5.72. The number of aromatic nitrogens is 2. The summed E-state index contributed by atoms with van der Waals surface area (Å²) >= 11 is 12.9. The number of carbonyl (C=O) groups is 2. The summed E-state index contributed by atoms with van der Waals surface area (Å²) in [7, 11) is -2.27. The Hall–Kier alpha value is -3.44. The topological polar surface area (TPSA) is 138 Å². The average Bonchev–Trinajstić information content (AvgIpc) is 3.38. The van der Waals surface area contributed by atoms with Crippen LogP contribution < -0.4 is 5.32 Å². The molecule has 0 saturated carbocycles. The van der Waals surface area contributed by atoms with Crippen LogP contribution >= 0.6 is 23.2 Å². The van der Waals surface area contributed by atoms with Gasteiger partial charge in [0.05, 0.1) is 45.4 Å². The number of H-pyrrole nitrogens is 1. The molecule has 2 atom stereocenters. The summed E-state index contributed by atoms with van der Waals surface area (Å²) in [6, 6.07) is 13.7. The number of nitrogens with zero attached hydrogens (tertiary/aromatic N) is 1. The lowest BCUT2D eigenvalue weighted by Gasteiger charge is -2.18. The Morgan fingerprint density at radius 1 is 1.07 bits per heavy atom. The van der Waals surface area contributed by atoms with E-state index in [9.17, 15) is 23.1 Å². The number of aromatic amines is 1. The monoisotopic (exact) mass is 603 g/mol. The van der Waals surface area contributed by atoms with Crippen molar-refractivity contribution in [2.45, 2.75) is 36.3 Å². The number of halogens is 2. The van der Waals surface area contributed by atoms with E-state index in [1.165, 1.54) is 19.2 Å². The van der Waals surface area contributed by atoms with Crippen LogP contribution in [0, 0.1) is 0 Å². The van der Waals surface area contributed by atoms with Gasteiger partial charge in [-0.2, -0.15) is 5.10 Å². The first-order chi connectivity index (χ1) is 19.0. The Kier molecular flexibility index (Phi) is 9.15. The number of carbonyl (C=O) groups excluding carboxylic acids is 2. The highest BCUT2D eigenvalue weighted by Crippen LogP contribution is 2.29. The Bertz CT molecular complexity index is 1650. The molecule has 0 fully saturated rings. The number of amides is 1. The summed E-state index contributed by atoms with van der Waals surface area (Å²) in [5, 5.41) is 21.2. The number of aliphatic hydroxyl groups is 1. The van der Waals surface area contributed by atoms with Gasteiger partial charge >= 0.3 is 5.97 Å². The van der Waals surface area contributed by atoms with Gasteiger partial charge in [0.2, 0.25) is 0 Å². The number of esters is 1. The van der Waals surface area contributed by atoms with Crippen LogP contribution in [-0.2, 0) is 32.2 Å². The Morgan fingerprint density at radius 2 is 1.80 bits per heavy atom. The fourth-order valence-electron chi connectivity index (χ4n) is 4.32. The van der Waals surface area contributed by atoms with Gasteiger partial charge in [0.1, 0.15) is 6.04 Å². The summed E-state index contributed by atoms with van der Waals surface area (Å²) in [5.74, 6) is -1.41. The molecule has 3 N–H and O–H groups in total. The van der Waals surface area contributed by atoms with Crippen molar-refractivity contribution in [1.82, 2.24) is 15.5 Å². The quantitative estimate of drug-likeness (QED) is 0.227. The Morgan fingerprint density at radius 3 is 2.48 bits per heavy atom. The number of hydrogen-bond acceptors (Lipinski definition) is 7. The zero-order valence-corrected chi connectivity index (χ0v) is 24.0. The maximum atomic E-state index is 13.1. The zero-order valence-electron chi connectivity index (χ0n) is 21.6. The first-order valence-electron chi connectivity index (χ1n) is 12.2. The third kappa shape index (κ3) is 7.00. The van der Waals surface area contributed by atoms with Crippen molar-refractivity contribution in [3.63, 3.8) is 0 Å². The van der Waals surface area contributed by atoms with E-state index < -0.39 is 33.9 Å². The van der Waals surface area contributed by atoms with Gasteiger partial charge in [-0.25, -0.2) is 13.2 Å². The lowest BCUT2D eigenvalue weighted by Crippen LogP contribution is -2.43. The molecule has 0 saturated heterocycles. The first kappa shape index (κ1) is 29.5. The second-order valence-electron chi connectivity index (χ2n) is 9.38. The number of fused-ring (bicyclic) bond motifs is 1. The van der Waals surface area contributed by atoms with E-state index >= 15 is 0 Å². The lowest BCUT2D eigenvalue weighted by molar-refractivity contribution is -0.142. The molecule has 0 aliphatic carbocycles. The largest absolute Gasteiger partial charge is 0.467 e. The van der Waals surface area contributed by atoms with Crippen molar-refractivity contribution in [3.05, 3.63) is 93.1 Å². The average molecular weight is 605 g/mol. The van der Waals surface area contributed by atoms with Crippen LogP contribution in [0.1, 0.15) is 39.6 Å². The zero-order chi connectivity index (χ0) is 29.0. The summed E-state index contributed by atoms with van der Waals surface area (Å²) in [6.07, 6.45) is 2.85. The molecule has 1 unspecified atom stereocenters. The molecule has 4 rings (SSSR count). The molecule has 1 heterocycles. The standard InChI is InChI=1S/C28H27Cl2N3O6S/c1-39-28(36)24(13-16-4-3-5-20(10-16)40(2,37)38)32-27(35)26-21(29)11-17(12-22(26)30)6-9-25(34)18-7-8-19-15-31-33-23(19)14-18/h3-5,7-8,10-12,14-15,24-25,34H,6,9,13H2,1-2H3,(H,31,33)(H,32,35)/t24-,25?/m0/s1. The first-order valence-corrected chi connectivity index (χ1v) is 14.9. The van der Waals surface area contributed by atoms with Crippen LogP contribution in [0.4, 0.5) is 0 Å². The van der Waals surface area contributed by atoms with Crippen molar-refractivity contribution < 1.29 is 27.9 Å². The SMILES string of the molecule is COC(=O)[C@H](Cc1cccc(S(C)(=O)=O)c1)NC(=O)c1c(Cl)cc(CCC(O)c2ccc3cn[nH]c3c2)cc1Cl. The number of rotatable bonds is 10. The van der Waals surface area contributed by atoms with Crippen LogP contribution in [0.5, 0.6) is 0 Å². The normalized spacial score (nSPS) is 13.1. The Balaban J connectivity index is 1.46. The minimum Gasteiger partial charge on any atom is -0.467 e. The van der Waals surface area contributed by atoms with E-state index in [1.54, 1.807) is 30.5 Å². The molecule has 9 nitrogen and oxygen atoms in total. The number of nitrogens with one attached hydrogen (secondary N) is 2. The molecule has 210 valence electrons. The number of ether oxygens (including phenoxy) is 1. The molecule has 0 radical (unpaired) electrons. The highest BCUT2D eigenvalue weighted by molar-refractivity contribution is 7.90. The molecule has 12 heteroatoms. The van der Waals surface area contributed by atoms with Crippen molar-refractivity contribution >= 4 is 55.8 Å². The minimum absolute atomic E-state index is 0.0165. The van der Waals surface area contributed by atoms with Crippen molar-refractivity contribution in [3.8, 4) is 0 Å². The van der Waals surface area contributed by atoms with Crippen LogP contribution in [0.15, 0.2) is 65.7 Å². The Labute approximate surface area is 241 Å². The molecule has 0 bridgehead atoms. The van der Waals surface area contributed by atoms with E-state index in [4.69, 9.17) is 27.9 Å². The molecule has 1 aromatic heterocycles. The predicted octanol–water partition coefficient (Wildman–Crippen LogP) is 4.45. The third-order valence-electron chi connectivity index (χ3n) is 6.44. The number of hydrogen-bond donors (Lipinski definition) is 3. The van der Waals surface area contributed by atoms with E-state index in [2.05, 4.69) is 15.5 Å². The van der Waals surface area contributed by atoms with Gasteiger partial charge < -0.3 is 15.2 Å². The number of sulfone groups is 1. The van der Waals surface area contributed by atoms with Crippen molar-refractivity contribution in [2.24, 2.45) is 0 Å². The van der Waals surface area contributed by atoms with Crippen molar-refractivity contribution in [1.29, 1.82) is 0 Å². The van der Waals surface area contributed by atoms with Gasteiger partial charge in [-0.3, -0.25) is 9.89 Å². The molecule has 1 amide bonds. The van der Waals surface area contributed by atoms with Crippen LogP contribution in [0.2, 0.25) is 10.0 Å². The van der Waals surface area contributed by atoms with Gasteiger partial charge in [-0.1, -0.05) is 47.5 Å². The molecule has 0 aliphatic rings. The summed E-state index contributed by atoms with van der Waals surface area (Å²) < 4.78 is 28.7. The molecule has 0 spiro atoms. The van der Waals surface area contributed by atoms with Gasteiger partial charge in [0.15, 0.2) is 9.84 Å². The van der Waals surface area contributed by atoms with E-state index in [0.717, 1.165) is 28.3 Å². The highest BCUT2D eigenvalue weighted by Gasteiger charge is 2.26. The molecule has 4 aromatic rings. The minimum atomic E-state index is -3.46. The fraction of sp³-hybridized carbons (Fsp3) is 0.250. The van der Waals surface area contributed by atoms with Crippen LogP contribution in [0.25, 0.3) is 10.9 Å². The highest BCUT2D eigenvalue weighted by atomic mass is 35.5. The number of aliphatic hydroxyl groups excluding tert-OH is 1. The summed E-state index contributed by atoms with van der Waals surface area (Å²) in [4.78, 5) is 25.7. The van der Waals surface area contributed by atoms with Crippen LogP contribution in [0.3, 0.4) is 0 Å². The molecule has 3 aromatic carbocycles. The second-order valence-corrected chi connectivity index (χ2v) is 12.2. The van der Waals surface area contributed by atoms with Crippen molar-refractivity contribution in [2.75, 3.05) is 13.4 Å². The second kappa shape index (κ2) is 12.4. The molecular formula is C28H27Cl2N3O6S. The lowest BCUT2D eigenvalue weighted by atomic mass is 9.99. The predicted molar refractivity (Wildman–Crippen MR) is 152 cm³/mol. The smallest absolute Gasteiger partial charge is 0.328 e. The molecular weight excluding hydrogens is 577 g/mol. The number of methoxy groups -OCH3 is 1. The number of aryl methyl sites for hydroxylation is 1. The maximum absolute atomic E-state index is 13.1. The van der Waals surface area contributed by atoms with Crippen LogP contribution in [-0.4, -0.2) is 55.0 Å². The third-order valence-corrected chi connectivity index (χ3v) is 8.15. The summed E-state index contributed by atoms with van der Waals surface area (Å²) in [6.45, 7) is 0. The maximum Gasteiger partial charge on any atom is 0.328 e. The molecule has 40 heavy (non-hydrogen) atoms. The van der Waals surface area contributed by atoms with E-state index in [0.29, 0.717) is 18.4 Å². The van der Waals surface area contributed by atoms with Gasteiger partial charge in [-0.15, -0.1) is 0 Å². The van der Waals surface area contributed by atoms with Gasteiger partial charge in [0, 0.05) is 18.1 Å². The van der Waals surface area contributed by atoms with E-state index in [-0.39, 0.29) is 26.9 Å².